The number of hydrogen-bond acceptors (Lipinski definition) is 3. The van der Waals surface area contributed by atoms with Gasteiger partial charge in [-0.15, -0.1) is 0 Å². The van der Waals surface area contributed by atoms with Crippen molar-refractivity contribution in [3.05, 3.63) is 30.5 Å². The molecule has 16 heavy (non-hydrogen) atoms. The Morgan fingerprint density at radius 2 is 2.19 bits per heavy atom. The number of rotatable bonds is 3. The summed E-state index contributed by atoms with van der Waals surface area (Å²) in [5.41, 5.74) is 2.37. The first-order valence-corrected chi connectivity index (χ1v) is 5.54. The van der Waals surface area contributed by atoms with Gasteiger partial charge in [0.25, 0.3) is 0 Å². The van der Waals surface area contributed by atoms with Crippen LogP contribution in [0.1, 0.15) is 6.92 Å². The maximum atomic E-state index is 5.30. The lowest BCUT2D eigenvalue weighted by atomic mass is 9.88. The molecule has 2 heterocycles. The van der Waals surface area contributed by atoms with Crippen molar-refractivity contribution in [3.8, 4) is 0 Å². The third kappa shape index (κ3) is 1.67. The monoisotopic (exact) mass is 217 g/mol. The van der Waals surface area contributed by atoms with Crippen molar-refractivity contribution in [2.75, 3.05) is 25.1 Å². The summed E-state index contributed by atoms with van der Waals surface area (Å²) in [5.74, 6) is 0. The van der Waals surface area contributed by atoms with Crippen LogP contribution in [-0.2, 0) is 4.74 Å². The number of fused-ring (bicyclic) bond motifs is 1. The molecule has 3 nitrogen and oxygen atoms in total. The van der Waals surface area contributed by atoms with E-state index in [1.165, 1.54) is 0 Å². The summed E-state index contributed by atoms with van der Waals surface area (Å²) in [6.07, 6.45) is 1.72. The van der Waals surface area contributed by atoms with Gasteiger partial charge in [0.1, 0.15) is 5.58 Å². The number of furan rings is 1. The molecule has 1 fully saturated rings. The Morgan fingerprint density at radius 3 is 2.94 bits per heavy atom. The van der Waals surface area contributed by atoms with Crippen molar-refractivity contribution in [1.29, 1.82) is 0 Å². The minimum Gasteiger partial charge on any atom is -0.464 e. The Labute approximate surface area is 94.4 Å². The fraction of sp³-hybridized carbons (Fsp3) is 0.385. The predicted octanol–water partition coefficient (Wildman–Crippen LogP) is 2.88. The molecule has 0 radical (unpaired) electrons. The maximum Gasteiger partial charge on any atom is 0.133 e. The van der Waals surface area contributed by atoms with Crippen LogP contribution in [0.25, 0.3) is 11.0 Å². The molecule has 0 bridgehead atoms. The quantitative estimate of drug-likeness (QED) is 0.858. The van der Waals surface area contributed by atoms with E-state index in [-0.39, 0.29) is 0 Å². The molecule has 1 aromatic heterocycles. The minimum atomic E-state index is 0.297. The smallest absolute Gasteiger partial charge is 0.133 e. The molecule has 0 aliphatic carbocycles. The highest BCUT2D eigenvalue weighted by molar-refractivity contribution is 5.81. The molecule has 1 N–H and O–H groups in total. The van der Waals surface area contributed by atoms with Crippen LogP contribution in [0.15, 0.2) is 34.9 Å². The molecule has 2 aromatic rings. The van der Waals surface area contributed by atoms with Crippen LogP contribution in [-0.4, -0.2) is 19.8 Å². The molecule has 0 spiro atoms. The summed E-state index contributed by atoms with van der Waals surface area (Å²) in [7, 11) is 0. The van der Waals surface area contributed by atoms with Crippen LogP contribution < -0.4 is 5.32 Å². The number of ether oxygens (including phenoxy) is 1. The fourth-order valence-corrected chi connectivity index (χ4v) is 1.94. The Hall–Kier alpha value is -1.48. The van der Waals surface area contributed by atoms with E-state index >= 15 is 0 Å². The Balaban J connectivity index is 1.73. The Morgan fingerprint density at radius 1 is 1.31 bits per heavy atom. The second kappa shape index (κ2) is 3.52. The number of benzene rings is 1. The van der Waals surface area contributed by atoms with Gasteiger partial charge in [0.15, 0.2) is 0 Å². The summed E-state index contributed by atoms with van der Waals surface area (Å²) < 4.78 is 10.5. The predicted molar refractivity (Wildman–Crippen MR) is 63.6 cm³/mol. The van der Waals surface area contributed by atoms with Gasteiger partial charge in [0.2, 0.25) is 0 Å². The van der Waals surface area contributed by atoms with Crippen molar-refractivity contribution in [3.63, 3.8) is 0 Å². The lowest BCUT2D eigenvalue weighted by Crippen LogP contribution is -2.45. The van der Waals surface area contributed by atoms with Gasteiger partial charge in [-0.25, -0.2) is 0 Å². The van der Waals surface area contributed by atoms with E-state index < -0.39 is 0 Å². The van der Waals surface area contributed by atoms with Gasteiger partial charge in [-0.2, -0.15) is 0 Å². The van der Waals surface area contributed by atoms with Gasteiger partial charge >= 0.3 is 0 Å². The van der Waals surface area contributed by atoms with E-state index in [0.29, 0.717) is 5.41 Å². The first-order valence-electron chi connectivity index (χ1n) is 5.54. The largest absolute Gasteiger partial charge is 0.464 e. The molecule has 84 valence electrons. The second-order valence-electron chi connectivity index (χ2n) is 4.83. The van der Waals surface area contributed by atoms with Crippen LogP contribution in [0.4, 0.5) is 5.69 Å². The zero-order chi connectivity index (χ0) is 11.0. The first-order chi connectivity index (χ1) is 7.75. The average molecular weight is 217 g/mol. The molecule has 1 aromatic carbocycles. The topological polar surface area (TPSA) is 34.4 Å². The van der Waals surface area contributed by atoms with Crippen molar-refractivity contribution in [2.24, 2.45) is 5.41 Å². The standard InChI is InChI=1S/C13H15NO2/c1-13(8-15-9-13)7-14-11-2-3-12-10(6-11)4-5-16-12/h2-6,14H,7-9H2,1H3. The number of nitrogens with one attached hydrogen (secondary N) is 1. The molecule has 1 aliphatic heterocycles. The number of hydrogen-bond donors (Lipinski definition) is 1. The molecule has 3 heteroatoms. The SMILES string of the molecule is CC1(CNc2ccc3occc3c2)COC1. The third-order valence-electron chi connectivity index (χ3n) is 3.07. The highest BCUT2D eigenvalue weighted by atomic mass is 16.5. The van der Waals surface area contributed by atoms with Crippen molar-refractivity contribution in [2.45, 2.75) is 6.92 Å². The van der Waals surface area contributed by atoms with E-state index in [4.69, 9.17) is 9.15 Å². The lowest BCUT2D eigenvalue weighted by Gasteiger charge is -2.38. The molecular weight excluding hydrogens is 202 g/mol. The zero-order valence-corrected chi connectivity index (χ0v) is 9.32. The number of anilines is 1. The summed E-state index contributed by atoms with van der Waals surface area (Å²) in [4.78, 5) is 0. The molecule has 3 rings (SSSR count). The zero-order valence-electron chi connectivity index (χ0n) is 9.32. The summed E-state index contributed by atoms with van der Waals surface area (Å²) in [6, 6.07) is 8.14. The Bertz CT molecular complexity index is 499. The normalized spacial score (nSPS) is 18.3. The fourth-order valence-electron chi connectivity index (χ4n) is 1.94. The van der Waals surface area contributed by atoms with Gasteiger partial charge in [0.05, 0.1) is 19.5 Å². The Kier molecular flexibility index (Phi) is 2.14. The van der Waals surface area contributed by atoms with Crippen LogP contribution in [0, 0.1) is 5.41 Å². The van der Waals surface area contributed by atoms with Crippen LogP contribution in [0.3, 0.4) is 0 Å². The van der Waals surface area contributed by atoms with E-state index in [2.05, 4.69) is 24.4 Å². The minimum absolute atomic E-state index is 0.297. The molecule has 0 saturated carbocycles. The maximum absolute atomic E-state index is 5.30. The van der Waals surface area contributed by atoms with Crippen molar-refractivity contribution >= 4 is 16.7 Å². The van der Waals surface area contributed by atoms with E-state index in [1.54, 1.807) is 6.26 Å². The lowest BCUT2D eigenvalue weighted by molar-refractivity contribution is -0.0924. The molecule has 1 saturated heterocycles. The van der Waals surface area contributed by atoms with Crippen LogP contribution in [0.2, 0.25) is 0 Å². The van der Waals surface area contributed by atoms with Gasteiger partial charge < -0.3 is 14.5 Å². The summed E-state index contributed by atoms with van der Waals surface area (Å²) in [6.45, 7) is 4.90. The average Bonchev–Trinajstić information content (AvgIpc) is 2.70. The van der Waals surface area contributed by atoms with Gasteiger partial charge in [0, 0.05) is 23.0 Å². The van der Waals surface area contributed by atoms with Crippen molar-refractivity contribution < 1.29 is 9.15 Å². The summed E-state index contributed by atoms with van der Waals surface area (Å²) in [5, 5.41) is 4.59. The first kappa shape index (κ1) is 9.73. The van der Waals surface area contributed by atoms with Gasteiger partial charge in [-0.05, 0) is 24.3 Å². The highest BCUT2D eigenvalue weighted by Crippen LogP contribution is 2.27. The van der Waals surface area contributed by atoms with Crippen LogP contribution >= 0.6 is 0 Å². The molecule has 1 aliphatic rings. The molecular formula is C13H15NO2. The van der Waals surface area contributed by atoms with E-state index in [9.17, 15) is 0 Å². The highest BCUT2D eigenvalue weighted by Gasteiger charge is 2.32. The van der Waals surface area contributed by atoms with Gasteiger partial charge in [-0.1, -0.05) is 6.92 Å². The third-order valence-corrected chi connectivity index (χ3v) is 3.07. The summed E-state index contributed by atoms with van der Waals surface area (Å²) >= 11 is 0. The second-order valence-corrected chi connectivity index (χ2v) is 4.83. The molecule has 0 atom stereocenters. The van der Waals surface area contributed by atoms with Gasteiger partial charge in [-0.3, -0.25) is 0 Å². The van der Waals surface area contributed by atoms with E-state index in [1.807, 2.05) is 12.1 Å². The van der Waals surface area contributed by atoms with Crippen LogP contribution in [0.5, 0.6) is 0 Å². The van der Waals surface area contributed by atoms with E-state index in [0.717, 1.165) is 36.4 Å². The van der Waals surface area contributed by atoms with Crippen molar-refractivity contribution in [1.82, 2.24) is 0 Å². The molecule has 0 unspecified atom stereocenters. The molecule has 0 amide bonds.